The van der Waals surface area contributed by atoms with Gasteiger partial charge in [-0.1, -0.05) is 100.0 Å². The number of ether oxygens (including phenoxy) is 1. The molecule has 0 unspecified atom stereocenters. The molecule has 0 spiro atoms. The molecule has 2 nitrogen and oxygen atoms in total. The van der Waals surface area contributed by atoms with Gasteiger partial charge in [0.2, 0.25) is 0 Å². The Bertz CT molecular complexity index is 1020. The van der Waals surface area contributed by atoms with E-state index in [1.807, 2.05) is 0 Å². The van der Waals surface area contributed by atoms with Crippen LogP contribution >= 0.6 is 0 Å². The zero-order valence-corrected chi connectivity index (χ0v) is 21.7. The molecule has 0 N–H and O–H groups in total. The zero-order valence-electron chi connectivity index (χ0n) is 21.7. The number of rotatable bonds is 12. The van der Waals surface area contributed by atoms with Crippen molar-refractivity contribution in [3.05, 3.63) is 102 Å². The molecule has 180 valence electrons. The van der Waals surface area contributed by atoms with Gasteiger partial charge in [-0.15, -0.1) is 0 Å². The minimum Gasteiger partial charge on any atom is -0.492 e. The Morgan fingerprint density at radius 3 is 1.74 bits per heavy atom. The SMILES string of the molecule is CCCC(CC)(CC)/C(=C(/c1ccccc1)c1ccc(OCCN(C)C)cc1)c1ccccc1. The first-order valence-corrected chi connectivity index (χ1v) is 12.8. The van der Waals surface area contributed by atoms with Crippen LogP contribution in [0, 0.1) is 5.41 Å². The average Bonchev–Trinajstić information content (AvgIpc) is 2.87. The van der Waals surface area contributed by atoms with Gasteiger partial charge in [0.25, 0.3) is 0 Å². The Labute approximate surface area is 207 Å². The fraction of sp³-hybridized carbons (Fsp3) is 0.375. The highest BCUT2D eigenvalue weighted by Gasteiger charge is 2.33. The van der Waals surface area contributed by atoms with Gasteiger partial charge < -0.3 is 9.64 Å². The number of nitrogens with zero attached hydrogens (tertiary/aromatic N) is 1. The van der Waals surface area contributed by atoms with Crippen LogP contribution in [0.1, 0.15) is 63.1 Å². The number of benzene rings is 3. The minimum absolute atomic E-state index is 0.113. The van der Waals surface area contributed by atoms with Crippen LogP contribution in [-0.4, -0.2) is 32.1 Å². The zero-order chi connectivity index (χ0) is 24.4. The van der Waals surface area contributed by atoms with E-state index >= 15 is 0 Å². The number of likely N-dealkylation sites (N-methyl/N-ethyl adjacent to an activating group) is 1. The smallest absolute Gasteiger partial charge is 0.119 e. The second kappa shape index (κ2) is 12.6. The second-order valence-corrected chi connectivity index (χ2v) is 9.40. The van der Waals surface area contributed by atoms with Gasteiger partial charge in [-0.25, -0.2) is 0 Å². The second-order valence-electron chi connectivity index (χ2n) is 9.40. The monoisotopic (exact) mass is 455 g/mol. The van der Waals surface area contributed by atoms with Crippen LogP contribution in [0.3, 0.4) is 0 Å². The van der Waals surface area contributed by atoms with Gasteiger partial charge in [0.15, 0.2) is 0 Å². The van der Waals surface area contributed by atoms with Gasteiger partial charge in [-0.3, -0.25) is 0 Å². The Kier molecular flexibility index (Phi) is 9.53. The summed E-state index contributed by atoms with van der Waals surface area (Å²) in [5, 5.41) is 0. The summed E-state index contributed by atoms with van der Waals surface area (Å²) >= 11 is 0. The van der Waals surface area contributed by atoms with Gasteiger partial charge in [0, 0.05) is 6.54 Å². The lowest BCUT2D eigenvalue weighted by Gasteiger charge is -2.37. The van der Waals surface area contributed by atoms with Crippen molar-refractivity contribution in [1.82, 2.24) is 4.90 Å². The van der Waals surface area contributed by atoms with Crippen molar-refractivity contribution in [1.29, 1.82) is 0 Å². The van der Waals surface area contributed by atoms with Crippen LogP contribution in [0.4, 0.5) is 0 Å². The van der Waals surface area contributed by atoms with Crippen molar-refractivity contribution in [3.8, 4) is 5.75 Å². The molecule has 0 saturated carbocycles. The molecule has 3 rings (SSSR count). The fourth-order valence-electron chi connectivity index (χ4n) is 5.01. The van der Waals surface area contributed by atoms with Gasteiger partial charge in [0.05, 0.1) is 0 Å². The van der Waals surface area contributed by atoms with E-state index in [9.17, 15) is 0 Å². The lowest BCUT2D eigenvalue weighted by Crippen LogP contribution is -2.22. The third-order valence-electron chi connectivity index (χ3n) is 6.94. The van der Waals surface area contributed by atoms with Crippen LogP contribution in [0.25, 0.3) is 11.1 Å². The highest BCUT2D eigenvalue weighted by atomic mass is 16.5. The summed E-state index contributed by atoms with van der Waals surface area (Å²) in [7, 11) is 4.14. The first-order valence-electron chi connectivity index (χ1n) is 12.8. The van der Waals surface area contributed by atoms with E-state index in [0.29, 0.717) is 6.61 Å². The molecule has 0 fully saturated rings. The third-order valence-corrected chi connectivity index (χ3v) is 6.94. The molecule has 0 saturated heterocycles. The Morgan fingerprint density at radius 1 is 0.706 bits per heavy atom. The maximum absolute atomic E-state index is 5.99. The lowest BCUT2D eigenvalue weighted by atomic mass is 9.66. The first-order chi connectivity index (χ1) is 16.5. The molecule has 0 radical (unpaired) electrons. The molecule has 3 aromatic rings. The minimum atomic E-state index is 0.113. The average molecular weight is 456 g/mol. The Morgan fingerprint density at radius 2 is 1.24 bits per heavy atom. The van der Waals surface area contributed by atoms with Crippen LogP contribution in [0.5, 0.6) is 5.75 Å². The third kappa shape index (κ3) is 6.18. The standard InChI is InChI=1S/C32H41NO/c1-6-23-32(7-2,8-3)31(28-17-13-10-14-18-28)30(26-15-11-9-12-16-26)27-19-21-29(22-20-27)34-25-24-33(4)5/h9-22H,6-8,23-25H2,1-5H3/b31-30-. The van der Waals surface area contributed by atoms with Crippen LogP contribution in [0.15, 0.2) is 84.9 Å². The molecule has 0 aliphatic rings. The predicted molar refractivity (Wildman–Crippen MR) is 147 cm³/mol. The maximum Gasteiger partial charge on any atom is 0.119 e. The molecule has 0 atom stereocenters. The maximum atomic E-state index is 5.99. The largest absolute Gasteiger partial charge is 0.492 e. The molecule has 3 aromatic carbocycles. The molecule has 0 bridgehead atoms. The highest BCUT2D eigenvalue weighted by Crippen LogP contribution is 2.50. The normalized spacial score (nSPS) is 12.5. The van der Waals surface area contributed by atoms with Crippen molar-refractivity contribution in [2.75, 3.05) is 27.2 Å². The molecule has 2 heteroatoms. The van der Waals surface area contributed by atoms with Gasteiger partial charge in [-0.05, 0) is 78.7 Å². The highest BCUT2D eigenvalue weighted by molar-refractivity contribution is 6.00. The van der Waals surface area contributed by atoms with E-state index < -0.39 is 0 Å². The Hall–Kier alpha value is -2.84. The van der Waals surface area contributed by atoms with E-state index in [1.54, 1.807) is 0 Å². The van der Waals surface area contributed by atoms with Crippen LogP contribution in [0.2, 0.25) is 0 Å². The van der Waals surface area contributed by atoms with Gasteiger partial charge in [0.1, 0.15) is 12.4 Å². The lowest BCUT2D eigenvalue weighted by molar-refractivity contribution is 0.261. The van der Waals surface area contributed by atoms with E-state index in [4.69, 9.17) is 4.74 Å². The number of allylic oxidation sites excluding steroid dienone is 1. The number of hydrogen-bond acceptors (Lipinski definition) is 2. The van der Waals surface area contributed by atoms with Gasteiger partial charge in [-0.2, -0.15) is 0 Å². The molecular formula is C32H41NO. The van der Waals surface area contributed by atoms with Crippen LogP contribution in [-0.2, 0) is 0 Å². The molecule has 0 heterocycles. The van der Waals surface area contributed by atoms with E-state index in [2.05, 4.69) is 125 Å². The number of hydrogen-bond donors (Lipinski definition) is 0. The van der Waals surface area contributed by atoms with Crippen molar-refractivity contribution >= 4 is 11.1 Å². The molecule has 0 amide bonds. The predicted octanol–water partition coefficient (Wildman–Crippen LogP) is 8.19. The summed E-state index contributed by atoms with van der Waals surface area (Å²) in [6.07, 6.45) is 4.57. The van der Waals surface area contributed by atoms with Crippen molar-refractivity contribution in [2.24, 2.45) is 5.41 Å². The molecule has 0 aliphatic heterocycles. The summed E-state index contributed by atoms with van der Waals surface area (Å²) in [5.41, 5.74) is 6.75. The van der Waals surface area contributed by atoms with Crippen LogP contribution < -0.4 is 4.74 Å². The fourth-order valence-corrected chi connectivity index (χ4v) is 5.01. The summed E-state index contributed by atoms with van der Waals surface area (Å²) in [6.45, 7) is 8.61. The molecular weight excluding hydrogens is 414 g/mol. The van der Waals surface area contributed by atoms with Crippen molar-refractivity contribution in [3.63, 3.8) is 0 Å². The summed E-state index contributed by atoms with van der Waals surface area (Å²) in [4.78, 5) is 2.14. The summed E-state index contributed by atoms with van der Waals surface area (Å²) in [5.74, 6) is 0.921. The summed E-state index contributed by atoms with van der Waals surface area (Å²) in [6, 6.07) is 30.6. The first kappa shape index (κ1) is 25.8. The van der Waals surface area contributed by atoms with E-state index in [1.165, 1.54) is 40.7 Å². The van der Waals surface area contributed by atoms with E-state index in [0.717, 1.165) is 25.1 Å². The summed E-state index contributed by atoms with van der Waals surface area (Å²) < 4.78 is 5.99. The molecule has 0 aromatic heterocycles. The van der Waals surface area contributed by atoms with Crippen molar-refractivity contribution < 1.29 is 4.74 Å². The molecule has 34 heavy (non-hydrogen) atoms. The molecule has 0 aliphatic carbocycles. The van der Waals surface area contributed by atoms with Crippen molar-refractivity contribution in [2.45, 2.75) is 46.5 Å². The topological polar surface area (TPSA) is 12.5 Å². The van der Waals surface area contributed by atoms with Gasteiger partial charge >= 0.3 is 0 Å². The van der Waals surface area contributed by atoms with E-state index in [-0.39, 0.29) is 5.41 Å². The Balaban J connectivity index is 2.23. The quantitative estimate of drug-likeness (QED) is 0.255.